The lowest BCUT2D eigenvalue weighted by molar-refractivity contribution is 0.723. The number of rotatable bonds is 1. The van der Waals surface area contributed by atoms with E-state index in [1.165, 1.54) is 0 Å². The molecule has 2 heteroatoms. The molecule has 0 saturated heterocycles. The molecule has 2 unspecified atom stereocenters. The van der Waals surface area contributed by atoms with Gasteiger partial charge in [0.25, 0.3) is 0 Å². The van der Waals surface area contributed by atoms with E-state index < -0.39 is 0 Å². The molecule has 0 aliphatic heterocycles. The maximum absolute atomic E-state index is 5.49. The number of nitrogens with two attached hydrogens (primary N) is 1. The second-order valence-corrected chi connectivity index (χ2v) is 2.23. The van der Waals surface area contributed by atoms with Gasteiger partial charge in [0.1, 0.15) is 0 Å². The molecule has 0 aromatic carbocycles. The smallest absolute Gasteiger partial charge is 0.0456 e. The molecule has 2 atom stereocenters. The van der Waals surface area contributed by atoms with Crippen molar-refractivity contribution in [2.45, 2.75) is 25.3 Å². The minimum absolute atomic E-state index is 0.102. The minimum atomic E-state index is 0.102. The predicted octanol–water partition coefficient (Wildman–Crippen LogP) is 0.961. The first-order valence-corrected chi connectivity index (χ1v) is 2.48. The van der Waals surface area contributed by atoms with E-state index in [9.17, 15) is 0 Å². The first-order valence-electron chi connectivity index (χ1n) is 2.04. The molecular formula is C4H10ClN. The Balaban J connectivity index is 2.99. The van der Waals surface area contributed by atoms with Crippen molar-refractivity contribution in [2.24, 2.45) is 5.73 Å². The molecule has 0 aromatic heterocycles. The average molecular weight is 108 g/mol. The standard InChI is InChI=1S/C4H10ClN/c1-3(5)4(2)6/h3-4H,6H2,1-2H3. The van der Waals surface area contributed by atoms with Crippen molar-refractivity contribution in [3.63, 3.8) is 0 Å². The first kappa shape index (κ1) is 6.25. The van der Waals surface area contributed by atoms with Gasteiger partial charge in [0.05, 0.1) is 0 Å². The van der Waals surface area contributed by atoms with E-state index in [4.69, 9.17) is 17.3 Å². The third-order valence-electron chi connectivity index (χ3n) is 0.725. The highest BCUT2D eigenvalue weighted by molar-refractivity contribution is 6.20. The van der Waals surface area contributed by atoms with Crippen LogP contribution in [0.2, 0.25) is 0 Å². The van der Waals surface area contributed by atoms with Crippen LogP contribution in [-0.4, -0.2) is 11.4 Å². The summed E-state index contributed by atoms with van der Waals surface area (Å²) < 4.78 is 0. The van der Waals surface area contributed by atoms with Crippen LogP contribution in [0.15, 0.2) is 0 Å². The van der Waals surface area contributed by atoms with Gasteiger partial charge >= 0.3 is 0 Å². The second kappa shape index (κ2) is 2.43. The van der Waals surface area contributed by atoms with Gasteiger partial charge in [-0.05, 0) is 13.8 Å². The molecule has 0 fully saturated rings. The fourth-order valence-electron chi connectivity index (χ4n) is 0. The summed E-state index contributed by atoms with van der Waals surface area (Å²) in [5.41, 5.74) is 5.30. The fourth-order valence-corrected chi connectivity index (χ4v) is 0. The van der Waals surface area contributed by atoms with Crippen molar-refractivity contribution in [3.8, 4) is 0 Å². The molecule has 0 rings (SSSR count). The van der Waals surface area contributed by atoms with Gasteiger partial charge in [-0.25, -0.2) is 0 Å². The summed E-state index contributed by atoms with van der Waals surface area (Å²) in [7, 11) is 0. The van der Waals surface area contributed by atoms with E-state index in [1.807, 2.05) is 13.8 Å². The van der Waals surface area contributed by atoms with Gasteiger partial charge in [-0.2, -0.15) is 0 Å². The SMILES string of the molecule is CC(N)C(C)Cl. The van der Waals surface area contributed by atoms with Gasteiger partial charge < -0.3 is 5.73 Å². The van der Waals surface area contributed by atoms with Gasteiger partial charge in [0, 0.05) is 11.4 Å². The van der Waals surface area contributed by atoms with Crippen molar-refractivity contribution in [1.29, 1.82) is 0 Å². The van der Waals surface area contributed by atoms with Crippen molar-refractivity contribution < 1.29 is 0 Å². The number of halogens is 1. The van der Waals surface area contributed by atoms with Crippen LogP contribution >= 0.6 is 11.6 Å². The van der Waals surface area contributed by atoms with Gasteiger partial charge in [-0.3, -0.25) is 0 Å². The van der Waals surface area contributed by atoms with Gasteiger partial charge in [0.2, 0.25) is 0 Å². The zero-order valence-corrected chi connectivity index (χ0v) is 4.87. The molecule has 0 heterocycles. The predicted molar refractivity (Wildman–Crippen MR) is 29.0 cm³/mol. The Morgan fingerprint density at radius 2 is 1.67 bits per heavy atom. The molecule has 0 aliphatic carbocycles. The molecule has 2 N–H and O–H groups in total. The molecule has 0 spiro atoms. The van der Waals surface area contributed by atoms with E-state index in [1.54, 1.807) is 0 Å². The van der Waals surface area contributed by atoms with Crippen LogP contribution in [-0.2, 0) is 0 Å². The zero-order chi connectivity index (χ0) is 5.15. The summed E-state index contributed by atoms with van der Waals surface area (Å²) in [6.45, 7) is 3.77. The van der Waals surface area contributed by atoms with E-state index in [0.29, 0.717) is 0 Å². The minimum Gasteiger partial charge on any atom is -0.327 e. The maximum atomic E-state index is 5.49. The molecule has 0 aromatic rings. The lowest BCUT2D eigenvalue weighted by Crippen LogP contribution is -2.23. The van der Waals surface area contributed by atoms with E-state index in [-0.39, 0.29) is 11.4 Å². The van der Waals surface area contributed by atoms with Crippen molar-refractivity contribution >= 4 is 11.6 Å². The second-order valence-electron chi connectivity index (χ2n) is 1.54. The Morgan fingerprint density at radius 1 is 1.50 bits per heavy atom. The highest BCUT2D eigenvalue weighted by Gasteiger charge is 1.98. The van der Waals surface area contributed by atoms with Crippen LogP contribution in [0, 0.1) is 0 Å². The molecule has 1 nitrogen and oxygen atoms in total. The molecule has 6 heavy (non-hydrogen) atoms. The lowest BCUT2D eigenvalue weighted by Gasteiger charge is -2.03. The van der Waals surface area contributed by atoms with Crippen LogP contribution in [0.5, 0.6) is 0 Å². The Bertz CT molecular complexity index is 28.5. The number of hydrogen-bond donors (Lipinski definition) is 1. The largest absolute Gasteiger partial charge is 0.327 e. The summed E-state index contributed by atoms with van der Waals surface area (Å²) in [5.74, 6) is 0. The molecule has 38 valence electrons. The van der Waals surface area contributed by atoms with E-state index in [0.717, 1.165) is 0 Å². The number of alkyl halides is 1. The van der Waals surface area contributed by atoms with Gasteiger partial charge in [-0.1, -0.05) is 0 Å². The third kappa shape index (κ3) is 2.49. The third-order valence-corrected chi connectivity index (χ3v) is 1.12. The molecule has 0 bridgehead atoms. The van der Waals surface area contributed by atoms with Crippen LogP contribution in [0.25, 0.3) is 0 Å². The Kier molecular flexibility index (Phi) is 2.53. The fraction of sp³-hybridized carbons (Fsp3) is 1.00. The Labute approximate surface area is 43.5 Å². The Morgan fingerprint density at radius 3 is 1.67 bits per heavy atom. The summed E-state index contributed by atoms with van der Waals surface area (Å²) >= 11 is 5.49. The lowest BCUT2D eigenvalue weighted by atomic mass is 10.3. The molecule has 0 aliphatic rings. The van der Waals surface area contributed by atoms with Crippen LogP contribution < -0.4 is 5.73 Å². The number of hydrogen-bond acceptors (Lipinski definition) is 1. The highest BCUT2D eigenvalue weighted by Crippen LogP contribution is 1.95. The van der Waals surface area contributed by atoms with Crippen LogP contribution in [0.1, 0.15) is 13.8 Å². The quantitative estimate of drug-likeness (QED) is 0.497. The van der Waals surface area contributed by atoms with Crippen LogP contribution in [0.3, 0.4) is 0 Å². The zero-order valence-electron chi connectivity index (χ0n) is 4.11. The van der Waals surface area contributed by atoms with E-state index >= 15 is 0 Å². The topological polar surface area (TPSA) is 26.0 Å². The summed E-state index contributed by atoms with van der Waals surface area (Å²) in [6.07, 6.45) is 0. The summed E-state index contributed by atoms with van der Waals surface area (Å²) in [4.78, 5) is 0. The van der Waals surface area contributed by atoms with Gasteiger partial charge in [-0.15, -0.1) is 11.6 Å². The summed E-state index contributed by atoms with van der Waals surface area (Å²) in [6, 6.07) is 0.117. The Hall–Kier alpha value is 0.250. The van der Waals surface area contributed by atoms with E-state index in [2.05, 4.69) is 0 Å². The van der Waals surface area contributed by atoms with Crippen molar-refractivity contribution in [2.75, 3.05) is 0 Å². The maximum Gasteiger partial charge on any atom is 0.0456 e. The molecule has 0 amide bonds. The first-order chi connectivity index (χ1) is 2.64. The monoisotopic (exact) mass is 107 g/mol. The molecule has 0 radical (unpaired) electrons. The van der Waals surface area contributed by atoms with Gasteiger partial charge in [0.15, 0.2) is 0 Å². The average Bonchev–Trinajstić information content (AvgIpc) is 1.36. The summed E-state index contributed by atoms with van der Waals surface area (Å²) in [5, 5.41) is 0.102. The van der Waals surface area contributed by atoms with Crippen molar-refractivity contribution in [1.82, 2.24) is 0 Å². The molecular weight excluding hydrogens is 97.5 g/mol. The van der Waals surface area contributed by atoms with Crippen LogP contribution in [0.4, 0.5) is 0 Å². The molecule has 0 saturated carbocycles. The highest BCUT2D eigenvalue weighted by atomic mass is 35.5. The normalized spacial score (nSPS) is 20.0. The van der Waals surface area contributed by atoms with Crippen molar-refractivity contribution in [3.05, 3.63) is 0 Å².